The van der Waals surface area contributed by atoms with Gasteiger partial charge in [-0.15, -0.1) is 0 Å². The molecule has 2 aromatic carbocycles. The van der Waals surface area contributed by atoms with Crippen molar-refractivity contribution >= 4 is 16.9 Å². The van der Waals surface area contributed by atoms with E-state index in [4.69, 9.17) is 32.8 Å². The van der Waals surface area contributed by atoms with E-state index in [9.17, 15) is 50.4 Å². The molecule has 3 aromatic rings. The molecule has 0 amide bonds. The second-order valence-electron chi connectivity index (χ2n) is 11.1. The van der Waals surface area contributed by atoms with Gasteiger partial charge in [0.25, 0.3) is 0 Å². The van der Waals surface area contributed by atoms with E-state index in [1.165, 1.54) is 19.9 Å². The van der Waals surface area contributed by atoms with Crippen molar-refractivity contribution in [1.82, 2.24) is 0 Å². The van der Waals surface area contributed by atoms with Crippen LogP contribution in [0.3, 0.4) is 0 Å². The smallest absolute Gasteiger partial charge is 0.303 e. The fourth-order valence-electron chi connectivity index (χ4n) is 5.33. The van der Waals surface area contributed by atoms with E-state index in [1.54, 1.807) is 0 Å². The first-order valence-corrected chi connectivity index (χ1v) is 14.3. The Bertz CT molecular complexity index is 1700. The molecule has 256 valence electrons. The summed E-state index contributed by atoms with van der Waals surface area (Å²) in [6.45, 7) is 3.97. The number of aromatic hydroxyl groups is 3. The molecule has 10 atom stereocenters. The van der Waals surface area contributed by atoms with Crippen LogP contribution in [0.15, 0.2) is 33.5 Å². The Morgan fingerprint density at radius 1 is 0.787 bits per heavy atom. The molecule has 5 rings (SSSR count). The number of aliphatic hydroxyl groups excluding tert-OH is 5. The zero-order valence-electron chi connectivity index (χ0n) is 25.3. The van der Waals surface area contributed by atoms with Crippen molar-refractivity contribution in [2.45, 2.75) is 82.2 Å². The molecule has 17 nitrogen and oxygen atoms in total. The van der Waals surface area contributed by atoms with Gasteiger partial charge >= 0.3 is 5.97 Å². The van der Waals surface area contributed by atoms with Crippen molar-refractivity contribution in [1.29, 1.82) is 0 Å². The number of carbonyl (C=O) groups excluding carboxylic acids is 1. The number of esters is 1. The van der Waals surface area contributed by atoms with Crippen molar-refractivity contribution in [3.05, 3.63) is 34.5 Å². The number of phenols is 3. The number of benzene rings is 2. The number of hydrogen-bond acceptors (Lipinski definition) is 17. The van der Waals surface area contributed by atoms with Gasteiger partial charge in [0.15, 0.2) is 34.9 Å². The van der Waals surface area contributed by atoms with E-state index in [2.05, 4.69) is 0 Å². The van der Waals surface area contributed by atoms with E-state index in [-0.39, 0.29) is 16.9 Å². The number of phenolic OH excluding ortho intramolecular Hbond substituents is 3. The van der Waals surface area contributed by atoms with Gasteiger partial charge in [0, 0.05) is 18.6 Å². The van der Waals surface area contributed by atoms with Crippen LogP contribution >= 0.6 is 0 Å². The molecule has 2 aliphatic heterocycles. The Balaban J connectivity index is 1.63. The number of ether oxygens (including phenoxy) is 6. The van der Waals surface area contributed by atoms with Crippen LogP contribution in [-0.4, -0.2) is 115 Å². The van der Waals surface area contributed by atoms with Gasteiger partial charge in [0.2, 0.25) is 29.5 Å². The van der Waals surface area contributed by atoms with Crippen molar-refractivity contribution in [3.63, 3.8) is 0 Å². The molecule has 17 heteroatoms. The minimum atomic E-state index is -1.85. The minimum Gasteiger partial charge on any atom is -0.504 e. The van der Waals surface area contributed by atoms with Crippen molar-refractivity contribution < 1.29 is 78.5 Å². The van der Waals surface area contributed by atoms with Gasteiger partial charge in [-0.05, 0) is 32.0 Å². The average molecular weight is 667 g/mol. The summed E-state index contributed by atoms with van der Waals surface area (Å²) in [5, 5.41) is 82.9. The molecule has 0 bridgehead atoms. The molecule has 8 N–H and O–H groups in total. The summed E-state index contributed by atoms with van der Waals surface area (Å²) in [5.41, 5.74) is -1.45. The molecule has 0 radical (unpaired) electrons. The highest BCUT2D eigenvalue weighted by Crippen LogP contribution is 2.46. The van der Waals surface area contributed by atoms with Crippen molar-refractivity contribution in [3.8, 4) is 45.8 Å². The van der Waals surface area contributed by atoms with E-state index >= 15 is 0 Å². The lowest BCUT2D eigenvalue weighted by atomic mass is 9.99. The first-order valence-electron chi connectivity index (χ1n) is 14.3. The van der Waals surface area contributed by atoms with Crippen LogP contribution in [0, 0.1) is 0 Å². The molecule has 0 spiro atoms. The zero-order valence-corrected chi connectivity index (χ0v) is 25.3. The quantitative estimate of drug-likeness (QED) is 0.117. The largest absolute Gasteiger partial charge is 0.504 e. The summed E-state index contributed by atoms with van der Waals surface area (Å²) in [5.74, 6) is -4.51. The maximum absolute atomic E-state index is 14.0. The summed E-state index contributed by atoms with van der Waals surface area (Å²) in [6.07, 6.45) is -15.0. The number of methoxy groups -OCH3 is 1. The molecule has 2 saturated heterocycles. The molecule has 1 aromatic heterocycles. The third-order valence-electron chi connectivity index (χ3n) is 7.84. The third kappa shape index (κ3) is 6.21. The summed E-state index contributed by atoms with van der Waals surface area (Å²) < 4.78 is 38.9. The Labute approximate surface area is 265 Å². The number of aliphatic hydroxyl groups is 5. The molecule has 2 aliphatic rings. The Morgan fingerprint density at radius 2 is 1.43 bits per heavy atom. The van der Waals surface area contributed by atoms with Crippen LogP contribution in [0.1, 0.15) is 20.8 Å². The maximum atomic E-state index is 14.0. The van der Waals surface area contributed by atoms with Gasteiger partial charge in [-0.1, -0.05) is 0 Å². The highest BCUT2D eigenvalue weighted by Gasteiger charge is 2.47. The first kappa shape index (κ1) is 34.0. The van der Waals surface area contributed by atoms with Gasteiger partial charge in [-0.3, -0.25) is 9.59 Å². The summed E-state index contributed by atoms with van der Waals surface area (Å²) >= 11 is 0. The minimum absolute atomic E-state index is 0.0366. The van der Waals surface area contributed by atoms with Gasteiger partial charge in [0.05, 0.1) is 19.3 Å². The molecule has 47 heavy (non-hydrogen) atoms. The van der Waals surface area contributed by atoms with Crippen molar-refractivity contribution in [2.75, 3.05) is 7.11 Å². The van der Waals surface area contributed by atoms with E-state index < -0.39 is 113 Å². The van der Waals surface area contributed by atoms with Gasteiger partial charge in [-0.25, -0.2) is 0 Å². The van der Waals surface area contributed by atoms with Gasteiger partial charge in [-0.2, -0.15) is 0 Å². The van der Waals surface area contributed by atoms with Crippen LogP contribution in [-0.2, 0) is 19.0 Å². The highest BCUT2D eigenvalue weighted by atomic mass is 16.7. The van der Waals surface area contributed by atoms with Crippen molar-refractivity contribution in [2.24, 2.45) is 0 Å². The Hall–Kier alpha value is -4.36. The second-order valence-corrected chi connectivity index (χ2v) is 11.1. The normalized spacial score (nSPS) is 30.9. The molecule has 0 aliphatic carbocycles. The zero-order chi connectivity index (χ0) is 34.5. The summed E-state index contributed by atoms with van der Waals surface area (Å²) in [4.78, 5) is 25.4. The predicted molar refractivity (Wildman–Crippen MR) is 155 cm³/mol. The maximum Gasteiger partial charge on any atom is 0.303 e. The number of carbonyl (C=O) groups is 1. The summed E-state index contributed by atoms with van der Waals surface area (Å²) in [7, 11) is 1.13. The fraction of sp³-hybridized carbons (Fsp3) is 0.467. The SMILES string of the molecule is COc1c(O[C@@H]2O[C@@H](C)[C@H](OC(C)=O)[C@@H](O)[C@H]2O)cc2oc(-c3ccc(O)c(O)c3)c(O[C@@H]3O[C@@H](C)[C@H](O)[C@@H](O)[C@H]3O)c(=O)c2c1O. The number of hydrogen-bond donors (Lipinski definition) is 8. The van der Waals surface area contributed by atoms with E-state index in [1.807, 2.05) is 0 Å². The molecular formula is C30H34O17. The Morgan fingerprint density at radius 3 is 2.06 bits per heavy atom. The van der Waals surface area contributed by atoms with Crippen LogP contribution < -0.4 is 19.6 Å². The standard InChI is InChI=1S/C30H34O17/c1-9-18(34)21(37)23(39)30(42-9)47-28-20(36)17-15(45-26(28)12-5-6-13(32)14(33)7-12)8-16(27(41-4)19(17)35)46-29-24(40)22(38)25(10(2)43-29)44-11(3)31/h5-10,18,21-25,29-30,32-35,37-40H,1-4H3/t9-,10-,18-,21+,22-,23+,24+,25-,29-,30-/m0/s1. The van der Waals surface area contributed by atoms with E-state index in [0.29, 0.717) is 0 Å². The van der Waals surface area contributed by atoms with Crippen LogP contribution in [0.25, 0.3) is 22.3 Å². The number of fused-ring (bicyclic) bond motifs is 1. The molecule has 3 heterocycles. The second kappa shape index (κ2) is 13.0. The van der Waals surface area contributed by atoms with Crippen LogP contribution in [0.4, 0.5) is 0 Å². The van der Waals surface area contributed by atoms with E-state index in [0.717, 1.165) is 32.2 Å². The monoisotopic (exact) mass is 666 g/mol. The lowest BCUT2D eigenvalue weighted by Gasteiger charge is -2.40. The predicted octanol–water partition coefficient (Wildman–Crippen LogP) is -0.431. The highest BCUT2D eigenvalue weighted by molar-refractivity contribution is 5.91. The van der Waals surface area contributed by atoms with Gasteiger partial charge in [0.1, 0.15) is 41.5 Å². The Kier molecular flexibility index (Phi) is 9.43. The lowest BCUT2D eigenvalue weighted by Crippen LogP contribution is -2.59. The van der Waals surface area contributed by atoms with Crippen LogP contribution in [0.5, 0.6) is 34.5 Å². The van der Waals surface area contributed by atoms with Gasteiger partial charge < -0.3 is 73.7 Å². The molecule has 0 unspecified atom stereocenters. The number of rotatable bonds is 7. The fourth-order valence-corrected chi connectivity index (χ4v) is 5.33. The average Bonchev–Trinajstić information content (AvgIpc) is 3.01. The topological polar surface area (TPSA) is 264 Å². The molecular weight excluding hydrogens is 632 g/mol. The molecule has 2 fully saturated rings. The summed E-state index contributed by atoms with van der Waals surface area (Å²) in [6, 6.07) is 4.47. The molecule has 0 saturated carbocycles. The third-order valence-corrected chi connectivity index (χ3v) is 7.84. The lowest BCUT2D eigenvalue weighted by molar-refractivity contribution is -0.272. The first-order chi connectivity index (χ1) is 22.1. The van der Waals surface area contributed by atoms with Crippen LogP contribution in [0.2, 0.25) is 0 Å².